The highest BCUT2D eigenvalue weighted by molar-refractivity contribution is 5.82. The number of H-pyrrole nitrogens is 1. The van der Waals surface area contributed by atoms with E-state index in [1.165, 1.54) is 6.39 Å². The molecule has 0 unspecified atom stereocenters. The second kappa shape index (κ2) is 3.99. The van der Waals surface area contributed by atoms with Crippen LogP contribution in [0, 0.1) is 0 Å². The average molecular weight is 243 g/mol. The van der Waals surface area contributed by atoms with Crippen molar-refractivity contribution in [3.63, 3.8) is 0 Å². The molecule has 3 aromatic rings. The summed E-state index contributed by atoms with van der Waals surface area (Å²) < 4.78 is 5.22. The van der Waals surface area contributed by atoms with Gasteiger partial charge in [0.1, 0.15) is 5.52 Å². The number of fused-ring (bicyclic) bond motifs is 1. The van der Waals surface area contributed by atoms with Crippen LogP contribution in [-0.4, -0.2) is 26.3 Å². The first-order chi connectivity index (χ1) is 8.74. The smallest absolute Gasteiger partial charge is 0.309 e. The van der Waals surface area contributed by atoms with Gasteiger partial charge < -0.3 is 9.52 Å². The lowest BCUT2D eigenvalue weighted by atomic mass is 10.0. The molecule has 0 saturated heterocycles. The maximum absolute atomic E-state index is 10.7. The zero-order valence-corrected chi connectivity index (χ0v) is 9.25. The number of oxazole rings is 1. The quantitative estimate of drug-likeness (QED) is 0.732. The van der Waals surface area contributed by atoms with Crippen molar-refractivity contribution in [2.24, 2.45) is 0 Å². The molecule has 2 heterocycles. The van der Waals surface area contributed by atoms with Gasteiger partial charge in [0, 0.05) is 5.56 Å². The van der Waals surface area contributed by atoms with E-state index in [4.69, 9.17) is 9.52 Å². The minimum absolute atomic E-state index is 0.0935. The Morgan fingerprint density at radius 2 is 2.33 bits per heavy atom. The second-order valence-electron chi connectivity index (χ2n) is 3.87. The Hall–Kier alpha value is -2.63. The molecule has 6 nitrogen and oxygen atoms in total. The third kappa shape index (κ3) is 1.73. The highest BCUT2D eigenvalue weighted by atomic mass is 16.4. The number of aromatic nitrogens is 3. The summed E-state index contributed by atoms with van der Waals surface area (Å²) in [7, 11) is 0. The van der Waals surface area contributed by atoms with E-state index in [1.807, 2.05) is 18.2 Å². The van der Waals surface area contributed by atoms with Crippen LogP contribution in [0.15, 0.2) is 35.2 Å². The zero-order valence-electron chi connectivity index (χ0n) is 9.25. The Balaban J connectivity index is 2.08. The molecule has 18 heavy (non-hydrogen) atoms. The lowest BCUT2D eigenvalue weighted by Gasteiger charge is -2.00. The lowest BCUT2D eigenvalue weighted by Crippen LogP contribution is -2.01. The van der Waals surface area contributed by atoms with Crippen molar-refractivity contribution in [3.8, 4) is 11.1 Å². The molecule has 0 fully saturated rings. The summed E-state index contributed by atoms with van der Waals surface area (Å²) in [5.41, 5.74) is 3.61. The molecule has 2 aromatic heterocycles. The fourth-order valence-electron chi connectivity index (χ4n) is 1.87. The third-order valence-electron chi connectivity index (χ3n) is 2.69. The van der Waals surface area contributed by atoms with Crippen molar-refractivity contribution in [2.75, 3.05) is 0 Å². The highest BCUT2D eigenvalue weighted by Crippen LogP contribution is 2.26. The normalized spacial score (nSPS) is 10.9. The van der Waals surface area contributed by atoms with Crippen molar-refractivity contribution >= 4 is 17.1 Å². The Kier molecular flexibility index (Phi) is 2.33. The fourth-order valence-corrected chi connectivity index (χ4v) is 1.87. The first kappa shape index (κ1) is 10.5. The Bertz CT molecular complexity index is 714. The standard InChI is InChI=1S/C12H9N3O3/c16-12(17)4-10-8(5-14-15-10)7-1-2-9-11(3-7)18-6-13-9/h1-3,5-6H,4H2,(H,14,15)(H,16,17). The van der Waals surface area contributed by atoms with Crippen molar-refractivity contribution in [1.29, 1.82) is 0 Å². The average Bonchev–Trinajstić information content (AvgIpc) is 2.95. The molecule has 6 heteroatoms. The predicted octanol–water partition coefficient (Wildman–Crippen LogP) is 1.84. The molecule has 0 aliphatic rings. The van der Waals surface area contributed by atoms with Gasteiger partial charge >= 0.3 is 5.97 Å². The van der Waals surface area contributed by atoms with Crippen LogP contribution in [0.5, 0.6) is 0 Å². The van der Waals surface area contributed by atoms with E-state index in [0.29, 0.717) is 11.3 Å². The second-order valence-corrected chi connectivity index (χ2v) is 3.87. The molecule has 0 atom stereocenters. The molecular formula is C12H9N3O3. The van der Waals surface area contributed by atoms with E-state index in [1.54, 1.807) is 6.20 Å². The van der Waals surface area contributed by atoms with Crippen LogP contribution in [-0.2, 0) is 11.2 Å². The number of carboxylic acid groups (broad SMARTS) is 1. The fraction of sp³-hybridized carbons (Fsp3) is 0.0833. The summed E-state index contributed by atoms with van der Waals surface area (Å²) in [6.07, 6.45) is 2.89. The number of nitrogens with one attached hydrogen (secondary N) is 1. The van der Waals surface area contributed by atoms with E-state index < -0.39 is 5.97 Å². The van der Waals surface area contributed by atoms with Gasteiger partial charge in [-0.3, -0.25) is 9.89 Å². The summed E-state index contributed by atoms with van der Waals surface area (Å²) in [6, 6.07) is 5.51. The first-order valence-electron chi connectivity index (χ1n) is 5.31. The van der Waals surface area contributed by atoms with Gasteiger partial charge in [-0.1, -0.05) is 6.07 Å². The highest BCUT2D eigenvalue weighted by Gasteiger charge is 2.12. The van der Waals surface area contributed by atoms with Crippen LogP contribution in [0.2, 0.25) is 0 Å². The van der Waals surface area contributed by atoms with Crippen LogP contribution < -0.4 is 0 Å². The number of nitrogens with zero attached hydrogens (tertiary/aromatic N) is 2. The number of aliphatic carboxylic acids is 1. The lowest BCUT2D eigenvalue weighted by molar-refractivity contribution is -0.136. The molecule has 0 saturated carbocycles. The maximum Gasteiger partial charge on any atom is 0.309 e. The van der Waals surface area contributed by atoms with Gasteiger partial charge in [-0.2, -0.15) is 5.10 Å². The number of hydrogen-bond acceptors (Lipinski definition) is 4. The Morgan fingerprint density at radius 1 is 1.44 bits per heavy atom. The third-order valence-corrected chi connectivity index (χ3v) is 2.69. The molecule has 0 radical (unpaired) electrons. The van der Waals surface area contributed by atoms with Gasteiger partial charge in [0.25, 0.3) is 0 Å². The molecule has 0 amide bonds. The topological polar surface area (TPSA) is 92.0 Å². The van der Waals surface area contributed by atoms with Crippen LogP contribution >= 0.6 is 0 Å². The van der Waals surface area contributed by atoms with Gasteiger partial charge in [0.2, 0.25) is 0 Å². The number of hydrogen-bond donors (Lipinski definition) is 2. The van der Waals surface area contributed by atoms with Crippen molar-refractivity contribution in [1.82, 2.24) is 15.2 Å². The van der Waals surface area contributed by atoms with Gasteiger partial charge in [0.15, 0.2) is 12.0 Å². The Labute approximate surface area is 101 Å². The summed E-state index contributed by atoms with van der Waals surface area (Å²) in [5.74, 6) is -0.902. The SMILES string of the molecule is O=C(O)Cc1[nH]ncc1-c1ccc2ncoc2c1. The minimum Gasteiger partial charge on any atom is -0.481 e. The molecule has 0 spiro atoms. The number of benzene rings is 1. The molecule has 1 aromatic carbocycles. The number of carbonyl (C=O) groups is 1. The van der Waals surface area contributed by atoms with Crippen LogP contribution in [0.25, 0.3) is 22.2 Å². The van der Waals surface area contributed by atoms with E-state index in [0.717, 1.165) is 16.6 Å². The summed E-state index contributed by atoms with van der Waals surface area (Å²) >= 11 is 0. The van der Waals surface area contributed by atoms with Gasteiger partial charge in [0.05, 0.1) is 18.3 Å². The van der Waals surface area contributed by atoms with E-state index in [-0.39, 0.29) is 6.42 Å². The summed E-state index contributed by atoms with van der Waals surface area (Å²) in [4.78, 5) is 14.8. The van der Waals surface area contributed by atoms with Gasteiger partial charge in [-0.25, -0.2) is 4.98 Å². The number of rotatable bonds is 3. The maximum atomic E-state index is 10.7. The monoisotopic (exact) mass is 243 g/mol. The first-order valence-corrected chi connectivity index (χ1v) is 5.31. The van der Waals surface area contributed by atoms with E-state index in [2.05, 4.69) is 15.2 Å². The summed E-state index contributed by atoms with van der Waals surface area (Å²) in [6.45, 7) is 0. The molecular weight excluding hydrogens is 234 g/mol. The van der Waals surface area contributed by atoms with E-state index >= 15 is 0 Å². The van der Waals surface area contributed by atoms with Crippen LogP contribution in [0.1, 0.15) is 5.69 Å². The molecule has 0 aliphatic carbocycles. The van der Waals surface area contributed by atoms with Crippen molar-refractivity contribution in [3.05, 3.63) is 36.5 Å². The predicted molar refractivity (Wildman–Crippen MR) is 62.9 cm³/mol. The molecule has 90 valence electrons. The van der Waals surface area contributed by atoms with Crippen LogP contribution in [0.3, 0.4) is 0 Å². The van der Waals surface area contributed by atoms with Crippen molar-refractivity contribution < 1.29 is 14.3 Å². The minimum atomic E-state index is -0.902. The van der Waals surface area contributed by atoms with Gasteiger partial charge in [-0.05, 0) is 17.7 Å². The van der Waals surface area contributed by atoms with Gasteiger partial charge in [-0.15, -0.1) is 0 Å². The summed E-state index contributed by atoms with van der Waals surface area (Å²) in [5, 5.41) is 15.4. The zero-order chi connectivity index (χ0) is 12.5. The van der Waals surface area contributed by atoms with Crippen molar-refractivity contribution in [2.45, 2.75) is 6.42 Å². The molecule has 0 bridgehead atoms. The van der Waals surface area contributed by atoms with E-state index in [9.17, 15) is 4.79 Å². The number of aromatic amines is 1. The Morgan fingerprint density at radius 3 is 3.17 bits per heavy atom. The molecule has 0 aliphatic heterocycles. The molecule has 2 N–H and O–H groups in total. The van der Waals surface area contributed by atoms with Crippen LogP contribution in [0.4, 0.5) is 0 Å². The number of carboxylic acids is 1. The molecule has 3 rings (SSSR count). The largest absolute Gasteiger partial charge is 0.481 e.